The molecule has 1 N–H and O–H groups in total. The molecule has 2 saturated carbocycles. The van der Waals surface area contributed by atoms with Gasteiger partial charge in [0.25, 0.3) is 0 Å². The molecule has 0 radical (unpaired) electrons. The Morgan fingerprint density at radius 2 is 1.47 bits per heavy atom. The first-order valence-corrected chi connectivity index (χ1v) is 6.60. The number of nitrogens with zero attached hydrogens (tertiary/aromatic N) is 1. The standard InChI is InChI=1S/C13H25NO/c1-10(2)9-14(11-3-4-11)12-5-7-13(15)8-6-12/h10-13,15H,3-9H2,1-2H3. The Kier molecular flexibility index (Phi) is 3.68. The highest BCUT2D eigenvalue weighted by molar-refractivity contribution is 4.91. The van der Waals surface area contributed by atoms with E-state index in [4.69, 9.17) is 0 Å². The number of hydrogen-bond donors (Lipinski definition) is 1. The van der Waals surface area contributed by atoms with Crippen LogP contribution in [0.25, 0.3) is 0 Å². The van der Waals surface area contributed by atoms with Gasteiger partial charge in [0, 0.05) is 18.6 Å². The van der Waals surface area contributed by atoms with Crippen molar-refractivity contribution in [3.8, 4) is 0 Å². The van der Waals surface area contributed by atoms with Crippen molar-refractivity contribution >= 4 is 0 Å². The second-order valence-electron chi connectivity index (χ2n) is 5.78. The molecule has 2 fully saturated rings. The van der Waals surface area contributed by atoms with E-state index >= 15 is 0 Å². The third-order valence-corrected chi connectivity index (χ3v) is 3.73. The van der Waals surface area contributed by atoms with E-state index in [9.17, 15) is 5.11 Å². The van der Waals surface area contributed by atoms with Crippen molar-refractivity contribution in [2.45, 2.75) is 70.6 Å². The number of aliphatic hydroxyl groups is 1. The average molecular weight is 211 g/mol. The molecular formula is C13H25NO. The van der Waals surface area contributed by atoms with Crippen LogP contribution in [0.4, 0.5) is 0 Å². The van der Waals surface area contributed by atoms with Gasteiger partial charge in [0.1, 0.15) is 0 Å². The molecule has 0 aromatic rings. The SMILES string of the molecule is CC(C)CN(C1CCC(O)CC1)C1CC1. The Balaban J connectivity index is 1.86. The summed E-state index contributed by atoms with van der Waals surface area (Å²) in [5, 5.41) is 9.53. The summed E-state index contributed by atoms with van der Waals surface area (Å²) in [5.41, 5.74) is 0. The molecule has 0 aliphatic heterocycles. The largest absolute Gasteiger partial charge is 0.393 e. The van der Waals surface area contributed by atoms with Crippen LogP contribution in [0.1, 0.15) is 52.4 Å². The molecule has 2 aliphatic carbocycles. The third-order valence-electron chi connectivity index (χ3n) is 3.73. The Hall–Kier alpha value is -0.0800. The van der Waals surface area contributed by atoms with Crippen LogP contribution < -0.4 is 0 Å². The second-order valence-corrected chi connectivity index (χ2v) is 5.78. The summed E-state index contributed by atoms with van der Waals surface area (Å²) in [6.45, 7) is 5.88. The van der Waals surface area contributed by atoms with Crippen LogP contribution >= 0.6 is 0 Å². The van der Waals surface area contributed by atoms with Gasteiger partial charge in [-0.15, -0.1) is 0 Å². The van der Waals surface area contributed by atoms with Crippen molar-refractivity contribution in [2.24, 2.45) is 5.92 Å². The van der Waals surface area contributed by atoms with Gasteiger partial charge in [-0.25, -0.2) is 0 Å². The van der Waals surface area contributed by atoms with E-state index in [0.29, 0.717) is 0 Å². The van der Waals surface area contributed by atoms with Crippen LogP contribution in [0.5, 0.6) is 0 Å². The molecule has 0 spiro atoms. The lowest BCUT2D eigenvalue weighted by molar-refractivity contribution is 0.0644. The van der Waals surface area contributed by atoms with Crippen molar-refractivity contribution in [3.05, 3.63) is 0 Å². The fourth-order valence-corrected chi connectivity index (χ4v) is 2.81. The first-order valence-electron chi connectivity index (χ1n) is 6.60. The van der Waals surface area contributed by atoms with E-state index in [-0.39, 0.29) is 6.10 Å². The molecular weight excluding hydrogens is 186 g/mol. The minimum absolute atomic E-state index is 0.0126. The number of aliphatic hydroxyl groups excluding tert-OH is 1. The maximum absolute atomic E-state index is 9.53. The van der Waals surface area contributed by atoms with Gasteiger partial charge in [-0.2, -0.15) is 0 Å². The van der Waals surface area contributed by atoms with Gasteiger partial charge < -0.3 is 5.11 Å². The van der Waals surface area contributed by atoms with Gasteiger partial charge in [-0.1, -0.05) is 13.8 Å². The molecule has 0 saturated heterocycles. The second kappa shape index (κ2) is 4.84. The van der Waals surface area contributed by atoms with Crippen molar-refractivity contribution in [1.29, 1.82) is 0 Å². The van der Waals surface area contributed by atoms with Crippen molar-refractivity contribution < 1.29 is 5.11 Å². The highest BCUT2D eigenvalue weighted by Gasteiger charge is 2.35. The predicted molar refractivity (Wildman–Crippen MR) is 62.8 cm³/mol. The summed E-state index contributed by atoms with van der Waals surface area (Å²) in [6.07, 6.45) is 7.27. The molecule has 2 aliphatic rings. The summed E-state index contributed by atoms with van der Waals surface area (Å²) >= 11 is 0. The van der Waals surface area contributed by atoms with E-state index in [1.54, 1.807) is 0 Å². The van der Waals surface area contributed by atoms with E-state index in [0.717, 1.165) is 30.8 Å². The van der Waals surface area contributed by atoms with E-state index < -0.39 is 0 Å². The van der Waals surface area contributed by atoms with Crippen LogP contribution in [0.2, 0.25) is 0 Å². The van der Waals surface area contributed by atoms with Crippen LogP contribution in [0.3, 0.4) is 0 Å². The highest BCUT2D eigenvalue weighted by Crippen LogP contribution is 2.34. The summed E-state index contributed by atoms with van der Waals surface area (Å²) < 4.78 is 0. The fourth-order valence-electron chi connectivity index (χ4n) is 2.81. The van der Waals surface area contributed by atoms with Crippen LogP contribution in [-0.2, 0) is 0 Å². The Labute approximate surface area is 93.7 Å². The molecule has 0 amide bonds. The van der Waals surface area contributed by atoms with Gasteiger partial charge in [0.15, 0.2) is 0 Å². The smallest absolute Gasteiger partial charge is 0.0541 e. The molecule has 0 aromatic heterocycles. The third kappa shape index (κ3) is 3.18. The number of rotatable bonds is 4. The van der Waals surface area contributed by atoms with E-state index in [1.165, 1.54) is 32.2 Å². The predicted octanol–water partition coefficient (Wildman–Crippen LogP) is 2.41. The summed E-state index contributed by atoms with van der Waals surface area (Å²) in [5.74, 6) is 0.775. The van der Waals surface area contributed by atoms with Gasteiger partial charge in [0.2, 0.25) is 0 Å². The van der Waals surface area contributed by atoms with Gasteiger partial charge in [0.05, 0.1) is 6.10 Å². The quantitative estimate of drug-likeness (QED) is 0.772. The molecule has 0 heterocycles. The van der Waals surface area contributed by atoms with Gasteiger partial charge >= 0.3 is 0 Å². The van der Waals surface area contributed by atoms with E-state index in [2.05, 4.69) is 18.7 Å². The minimum Gasteiger partial charge on any atom is -0.393 e. The molecule has 0 bridgehead atoms. The summed E-state index contributed by atoms with van der Waals surface area (Å²) in [4.78, 5) is 2.73. The molecule has 15 heavy (non-hydrogen) atoms. The van der Waals surface area contributed by atoms with Crippen molar-refractivity contribution in [2.75, 3.05) is 6.54 Å². The van der Waals surface area contributed by atoms with Crippen LogP contribution in [0, 0.1) is 5.92 Å². The van der Waals surface area contributed by atoms with Crippen molar-refractivity contribution in [3.63, 3.8) is 0 Å². The molecule has 2 nitrogen and oxygen atoms in total. The monoisotopic (exact) mass is 211 g/mol. The highest BCUT2D eigenvalue weighted by atomic mass is 16.3. The Bertz CT molecular complexity index is 193. The van der Waals surface area contributed by atoms with Crippen LogP contribution in [0.15, 0.2) is 0 Å². The van der Waals surface area contributed by atoms with Crippen molar-refractivity contribution in [1.82, 2.24) is 4.90 Å². The Morgan fingerprint density at radius 3 is 1.87 bits per heavy atom. The molecule has 88 valence electrons. The fraction of sp³-hybridized carbons (Fsp3) is 1.00. The van der Waals surface area contributed by atoms with Gasteiger partial charge in [-0.3, -0.25) is 4.90 Å². The maximum Gasteiger partial charge on any atom is 0.0541 e. The summed E-state index contributed by atoms with van der Waals surface area (Å²) in [7, 11) is 0. The van der Waals surface area contributed by atoms with E-state index in [1.807, 2.05) is 0 Å². The zero-order valence-electron chi connectivity index (χ0n) is 10.2. The molecule has 0 unspecified atom stereocenters. The lowest BCUT2D eigenvalue weighted by Crippen LogP contribution is -2.42. The maximum atomic E-state index is 9.53. The van der Waals surface area contributed by atoms with Gasteiger partial charge in [-0.05, 0) is 44.4 Å². The van der Waals surface area contributed by atoms with Crippen LogP contribution in [-0.4, -0.2) is 34.7 Å². The topological polar surface area (TPSA) is 23.5 Å². The molecule has 2 rings (SSSR count). The normalized spacial score (nSPS) is 32.6. The average Bonchev–Trinajstić information content (AvgIpc) is 2.99. The molecule has 0 atom stereocenters. The molecule has 0 aromatic carbocycles. The minimum atomic E-state index is -0.0126. The molecule has 2 heteroatoms. The zero-order chi connectivity index (χ0) is 10.8. The number of hydrogen-bond acceptors (Lipinski definition) is 2. The first kappa shape index (κ1) is 11.4. The zero-order valence-corrected chi connectivity index (χ0v) is 10.2. The summed E-state index contributed by atoms with van der Waals surface area (Å²) in [6, 6.07) is 1.65. The lowest BCUT2D eigenvalue weighted by Gasteiger charge is -2.37. The first-order chi connectivity index (χ1) is 7.16. The Morgan fingerprint density at radius 1 is 1.00 bits per heavy atom. The lowest BCUT2D eigenvalue weighted by atomic mass is 9.91.